The van der Waals surface area contributed by atoms with E-state index in [0.29, 0.717) is 6.04 Å². The molecule has 1 heteroatoms. The number of rotatable bonds is 10. The molecule has 0 N–H and O–H groups in total. The van der Waals surface area contributed by atoms with Crippen LogP contribution in [-0.4, -0.2) is 25.0 Å². The summed E-state index contributed by atoms with van der Waals surface area (Å²) >= 11 is 0. The largest absolute Gasteiger partial charge is 0.307 e. The molecule has 0 aromatic carbocycles. The highest BCUT2D eigenvalue weighted by molar-refractivity contribution is 5.09. The van der Waals surface area contributed by atoms with Crippen LogP contribution in [-0.2, 0) is 0 Å². The molecular formula is C19H39N. The van der Waals surface area contributed by atoms with Crippen LogP contribution < -0.4 is 0 Å². The Labute approximate surface area is 128 Å². The third kappa shape index (κ3) is 8.09. The Morgan fingerprint density at radius 3 is 1.90 bits per heavy atom. The first-order valence-corrected chi connectivity index (χ1v) is 8.61. The summed E-state index contributed by atoms with van der Waals surface area (Å²) in [7, 11) is 4.35. The van der Waals surface area contributed by atoms with Gasteiger partial charge in [0.2, 0.25) is 0 Å². The Hall–Kier alpha value is -0.300. The van der Waals surface area contributed by atoms with Crippen LogP contribution in [0.5, 0.6) is 0 Å². The molecule has 0 heterocycles. The molecule has 0 aromatic rings. The quantitative estimate of drug-likeness (QED) is 0.450. The molecule has 0 aliphatic carbocycles. The SMILES string of the molecule is CCC(C)C(C)CCC(C)=C(C)CCCC(C)N(C)C. The molecule has 0 rings (SSSR count). The molecular weight excluding hydrogens is 242 g/mol. The fourth-order valence-electron chi connectivity index (χ4n) is 2.48. The van der Waals surface area contributed by atoms with E-state index in [1.807, 2.05) is 0 Å². The molecule has 3 unspecified atom stereocenters. The minimum atomic E-state index is 0.702. The molecule has 3 atom stereocenters. The summed E-state index contributed by atoms with van der Waals surface area (Å²) in [5.41, 5.74) is 3.27. The van der Waals surface area contributed by atoms with Gasteiger partial charge in [0, 0.05) is 6.04 Å². The fraction of sp³-hybridized carbons (Fsp3) is 0.895. The van der Waals surface area contributed by atoms with Crippen LogP contribution in [0.2, 0.25) is 0 Å². The fourth-order valence-corrected chi connectivity index (χ4v) is 2.48. The second-order valence-electron chi connectivity index (χ2n) is 7.17. The zero-order valence-corrected chi connectivity index (χ0v) is 15.4. The van der Waals surface area contributed by atoms with Crippen LogP contribution in [0.25, 0.3) is 0 Å². The van der Waals surface area contributed by atoms with E-state index in [-0.39, 0.29) is 0 Å². The average molecular weight is 282 g/mol. The number of hydrogen-bond acceptors (Lipinski definition) is 1. The van der Waals surface area contributed by atoms with Crippen molar-refractivity contribution in [2.24, 2.45) is 11.8 Å². The van der Waals surface area contributed by atoms with Crippen molar-refractivity contribution in [3.63, 3.8) is 0 Å². The van der Waals surface area contributed by atoms with Gasteiger partial charge in [-0.05, 0) is 78.8 Å². The van der Waals surface area contributed by atoms with E-state index in [4.69, 9.17) is 0 Å². The maximum atomic E-state index is 2.41. The van der Waals surface area contributed by atoms with Crippen molar-refractivity contribution in [3.8, 4) is 0 Å². The van der Waals surface area contributed by atoms with Gasteiger partial charge in [0.1, 0.15) is 0 Å². The van der Waals surface area contributed by atoms with Crippen LogP contribution in [0.4, 0.5) is 0 Å². The van der Waals surface area contributed by atoms with Crippen LogP contribution in [0.1, 0.15) is 80.1 Å². The Kier molecular flexibility index (Phi) is 10.3. The second-order valence-corrected chi connectivity index (χ2v) is 7.17. The molecule has 120 valence electrons. The Bertz CT molecular complexity index is 277. The van der Waals surface area contributed by atoms with Gasteiger partial charge in [0.05, 0.1) is 0 Å². The minimum absolute atomic E-state index is 0.702. The van der Waals surface area contributed by atoms with E-state index >= 15 is 0 Å². The normalized spacial score (nSPS) is 17.9. The molecule has 20 heavy (non-hydrogen) atoms. The predicted molar refractivity (Wildman–Crippen MR) is 93.2 cm³/mol. The monoisotopic (exact) mass is 281 g/mol. The number of allylic oxidation sites excluding steroid dienone is 2. The van der Waals surface area contributed by atoms with Crippen molar-refractivity contribution in [1.29, 1.82) is 0 Å². The van der Waals surface area contributed by atoms with E-state index in [9.17, 15) is 0 Å². The summed E-state index contributed by atoms with van der Waals surface area (Å²) < 4.78 is 0. The number of nitrogens with zero attached hydrogens (tertiary/aromatic N) is 1. The third-order valence-electron chi connectivity index (χ3n) is 5.37. The minimum Gasteiger partial charge on any atom is -0.307 e. The highest BCUT2D eigenvalue weighted by atomic mass is 15.1. The van der Waals surface area contributed by atoms with Gasteiger partial charge < -0.3 is 4.90 Å². The van der Waals surface area contributed by atoms with Crippen LogP contribution >= 0.6 is 0 Å². The highest BCUT2D eigenvalue weighted by Gasteiger charge is 2.10. The van der Waals surface area contributed by atoms with Crippen molar-refractivity contribution < 1.29 is 0 Å². The van der Waals surface area contributed by atoms with Gasteiger partial charge in [-0.1, -0.05) is 38.3 Å². The maximum Gasteiger partial charge on any atom is 0.00609 e. The van der Waals surface area contributed by atoms with Gasteiger partial charge in [-0.25, -0.2) is 0 Å². The molecule has 0 aliphatic rings. The van der Waals surface area contributed by atoms with Gasteiger partial charge in [0.25, 0.3) is 0 Å². The van der Waals surface area contributed by atoms with Gasteiger partial charge >= 0.3 is 0 Å². The summed E-state index contributed by atoms with van der Waals surface area (Å²) in [5, 5.41) is 0. The summed E-state index contributed by atoms with van der Waals surface area (Å²) in [5.74, 6) is 1.72. The Morgan fingerprint density at radius 1 is 0.850 bits per heavy atom. The second kappa shape index (κ2) is 10.4. The molecule has 0 saturated carbocycles. The predicted octanol–water partition coefficient (Wildman–Crippen LogP) is 5.91. The topological polar surface area (TPSA) is 3.24 Å². The molecule has 1 nitrogen and oxygen atoms in total. The summed E-state index contributed by atoms with van der Waals surface area (Å²) in [6.45, 7) is 14.1. The molecule has 0 radical (unpaired) electrons. The van der Waals surface area contributed by atoms with Crippen molar-refractivity contribution in [2.45, 2.75) is 86.1 Å². The van der Waals surface area contributed by atoms with E-state index in [2.05, 4.69) is 60.5 Å². The molecule has 0 aliphatic heterocycles. The molecule has 0 amide bonds. The average Bonchev–Trinajstić information content (AvgIpc) is 2.42. The van der Waals surface area contributed by atoms with Gasteiger partial charge in [0.15, 0.2) is 0 Å². The van der Waals surface area contributed by atoms with Crippen molar-refractivity contribution in [3.05, 3.63) is 11.1 Å². The zero-order valence-electron chi connectivity index (χ0n) is 15.4. The standard InChI is InChI=1S/C19H39N/c1-9-15(2)17(4)13-14-18(5)16(3)11-10-12-19(6)20(7)8/h15,17,19H,9-14H2,1-8H3. The molecule has 0 saturated heterocycles. The van der Waals surface area contributed by atoms with E-state index < -0.39 is 0 Å². The smallest absolute Gasteiger partial charge is 0.00609 e. The molecule has 0 spiro atoms. The first kappa shape index (κ1) is 19.7. The first-order chi connectivity index (χ1) is 9.29. The van der Waals surface area contributed by atoms with Crippen molar-refractivity contribution in [2.75, 3.05) is 14.1 Å². The molecule has 0 fully saturated rings. The summed E-state index contributed by atoms with van der Waals surface area (Å²) in [6.07, 6.45) is 7.87. The van der Waals surface area contributed by atoms with Crippen LogP contribution in [0.3, 0.4) is 0 Å². The van der Waals surface area contributed by atoms with Crippen molar-refractivity contribution in [1.82, 2.24) is 4.90 Å². The molecule has 0 bridgehead atoms. The van der Waals surface area contributed by atoms with E-state index in [1.54, 1.807) is 11.1 Å². The summed E-state index contributed by atoms with van der Waals surface area (Å²) in [6, 6.07) is 0.702. The van der Waals surface area contributed by atoms with Gasteiger partial charge in [-0.15, -0.1) is 0 Å². The van der Waals surface area contributed by atoms with Crippen LogP contribution in [0.15, 0.2) is 11.1 Å². The lowest BCUT2D eigenvalue weighted by molar-refractivity contribution is 0.294. The first-order valence-electron chi connectivity index (χ1n) is 8.61. The van der Waals surface area contributed by atoms with Crippen LogP contribution in [0, 0.1) is 11.8 Å². The Morgan fingerprint density at radius 2 is 1.40 bits per heavy atom. The van der Waals surface area contributed by atoms with Gasteiger partial charge in [-0.3, -0.25) is 0 Å². The van der Waals surface area contributed by atoms with E-state index in [0.717, 1.165) is 11.8 Å². The van der Waals surface area contributed by atoms with Gasteiger partial charge in [-0.2, -0.15) is 0 Å². The Balaban J connectivity index is 4.06. The number of hydrogen-bond donors (Lipinski definition) is 0. The zero-order chi connectivity index (χ0) is 15.7. The van der Waals surface area contributed by atoms with E-state index in [1.165, 1.54) is 38.5 Å². The molecule has 0 aromatic heterocycles. The lowest BCUT2D eigenvalue weighted by atomic mass is 9.87. The maximum absolute atomic E-state index is 2.41. The third-order valence-corrected chi connectivity index (χ3v) is 5.37. The summed E-state index contributed by atoms with van der Waals surface area (Å²) in [4.78, 5) is 2.32. The lowest BCUT2D eigenvalue weighted by Crippen LogP contribution is -2.24. The highest BCUT2D eigenvalue weighted by Crippen LogP contribution is 2.24. The van der Waals surface area contributed by atoms with Crippen molar-refractivity contribution >= 4 is 0 Å². The lowest BCUT2D eigenvalue weighted by Gasteiger charge is -2.20.